The maximum atomic E-state index is 13.8. The molecule has 1 saturated heterocycles. The first-order valence-corrected chi connectivity index (χ1v) is 7.21. The molecular formula is C15H16FN5O2. The minimum absolute atomic E-state index is 0.0804. The number of nitrogens with zero attached hydrogens (tertiary/aromatic N) is 5. The van der Waals surface area contributed by atoms with Crippen molar-refractivity contribution in [1.82, 2.24) is 19.9 Å². The molecule has 8 heteroatoms. The molecule has 1 aromatic carbocycles. The van der Waals surface area contributed by atoms with E-state index in [0.717, 1.165) is 0 Å². The molecule has 0 spiro atoms. The van der Waals surface area contributed by atoms with E-state index in [1.807, 2.05) is 6.07 Å². The molecule has 0 aliphatic carbocycles. The number of likely N-dealkylation sites (tertiary alicyclic amines) is 1. The lowest BCUT2D eigenvalue weighted by Crippen LogP contribution is -2.52. The van der Waals surface area contributed by atoms with Gasteiger partial charge in [-0.25, -0.2) is 13.9 Å². The SMILES string of the molecule is CC(C)(C)OC(=O)N1CC(n2nnc3ccc(F)c(C#N)c32)C1. The van der Waals surface area contributed by atoms with Crippen molar-refractivity contribution in [2.45, 2.75) is 32.4 Å². The van der Waals surface area contributed by atoms with E-state index < -0.39 is 17.5 Å². The first kappa shape index (κ1) is 15.2. The number of halogens is 1. The molecule has 7 nitrogen and oxygen atoms in total. The van der Waals surface area contributed by atoms with Crippen LogP contribution >= 0.6 is 0 Å². The molecule has 1 amide bonds. The Morgan fingerprint density at radius 3 is 2.74 bits per heavy atom. The van der Waals surface area contributed by atoms with Gasteiger partial charge >= 0.3 is 6.09 Å². The van der Waals surface area contributed by atoms with Crippen LogP contribution < -0.4 is 0 Å². The van der Waals surface area contributed by atoms with Crippen LogP contribution in [0.5, 0.6) is 0 Å². The van der Waals surface area contributed by atoms with Crippen LogP contribution in [0.3, 0.4) is 0 Å². The number of ether oxygens (including phenoxy) is 1. The number of benzene rings is 1. The number of carbonyl (C=O) groups excluding carboxylic acids is 1. The second-order valence-electron chi connectivity index (χ2n) is 6.48. The number of hydrogen-bond acceptors (Lipinski definition) is 5. The van der Waals surface area contributed by atoms with Crippen molar-refractivity contribution >= 4 is 17.1 Å². The van der Waals surface area contributed by atoms with Crippen molar-refractivity contribution in [3.05, 3.63) is 23.5 Å². The van der Waals surface area contributed by atoms with Crippen molar-refractivity contribution in [2.24, 2.45) is 0 Å². The molecule has 1 fully saturated rings. The van der Waals surface area contributed by atoms with Gasteiger partial charge in [-0.2, -0.15) is 5.26 Å². The molecule has 0 radical (unpaired) electrons. The van der Waals surface area contributed by atoms with Gasteiger partial charge in [-0.05, 0) is 32.9 Å². The Morgan fingerprint density at radius 2 is 2.13 bits per heavy atom. The molecule has 1 aliphatic rings. The van der Waals surface area contributed by atoms with Crippen LogP contribution in [0, 0.1) is 17.1 Å². The van der Waals surface area contributed by atoms with E-state index in [4.69, 9.17) is 10.00 Å². The second kappa shape index (κ2) is 5.19. The Labute approximate surface area is 132 Å². The summed E-state index contributed by atoms with van der Waals surface area (Å²) in [5.74, 6) is -0.605. The summed E-state index contributed by atoms with van der Waals surface area (Å²) in [6, 6.07) is 4.39. The average molecular weight is 317 g/mol. The number of amides is 1. The zero-order valence-corrected chi connectivity index (χ0v) is 13.1. The molecule has 1 aromatic heterocycles. The van der Waals surface area contributed by atoms with E-state index in [1.54, 1.807) is 20.8 Å². The highest BCUT2D eigenvalue weighted by Gasteiger charge is 2.36. The van der Waals surface area contributed by atoms with Gasteiger partial charge in [0.15, 0.2) is 0 Å². The van der Waals surface area contributed by atoms with Crippen LogP contribution in [0.15, 0.2) is 12.1 Å². The summed E-state index contributed by atoms with van der Waals surface area (Å²) in [5, 5.41) is 17.1. The summed E-state index contributed by atoms with van der Waals surface area (Å²) >= 11 is 0. The van der Waals surface area contributed by atoms with Crippen molar-refractivity contribution < 1.29 is 13.9 Å². The van der Waals surface area contributed by atoms with E-state index in [1.165, 1.54) is 21.7 Å². The standard InChI is InChI=1S/C15H16FN5O2/c1-15(2,3)23-14(22)20-7-9(8-20)21-13-10(6-17)11(16)4-5-12(13)18-19-21/h4-5,9H,7-8H2,1-3H3. The molecule has 0 saturated carbocycles. The smallest absolute Gasteiger partial charge is 0.410 e. The van der Waals surface area contributed by atoms with Gasteiger partial charge in [0.1, 0.15) is 34.1 Å². The van der Waals surface area contributed by atoms with Crippen LogP contribution in [0.1, 0.15) is 32.4 Å². The predicted molar refractivity (Wildman–Crippen MR) is 79.0 cm³/mol. The average Bonchev–Trinajstić information content (AvgIpc) is 2.79. The molecule has 0 unspecified atom stereocenters. The summed E-state index contributed by atoms with van der Waals surface area (Å²) in [4.78, 5) is 13.5. The first-order valence-electron chi connectivity index (χ1n) is 7.21. The maximum Gasteiger partial charge on any atom is 0.410 e. The summed E-state index contributed by atoms with van der Waals surface area (Å²) in [7, 11) is 0. The van der Waals surface area contributed by atoms with E-state index in [9.17, 15) is 9.18 Å². The number of nitriles is 1. The molecular weight excluding hydrogens is 301 g/mol. The van der Waals surface area contributed by atoms with Crippen molar-refractivity contribution in [2.75, 3.05) is 13.1 Å². The van der Waals surface area contributed by atoms with Gasteiger partial charge in [-0.15, -0.1) is 5.10 Å². The maximum absolute atomic E-state index is 13.8. The Balaban J connectivity index is 1.81. The quantitative estimate of drug-likeness (QED) is 0.805. The lowest BCUT2D eigenvalue weighted by Gasteiger charge is -2.39. The van der Waals surface area contributed by atoms with Gasteiger partial charge in [-0.3, -0.25) is 0 Å². The summed E-state index contributed by atoms with van der Waals surface area (Å²) in [6.07, 6.45) is -0.398. The number of hydrogen-bond donors (Lipinski definition) is 0. The topological polar surface area (TPSA) is 84.0 Å². The second-order valence-corrected chi connectivity index (χ2v) is 6.48. The first-order chi connectivity index (χ1) is 10.8. The van der Waals surface area contributed by atoms with Gasteiger partial charge in [0.25, 0.3) is 0 Å². The van der Waals surface area contributed by atoms with Crippen molar-refractivity contribution in [1.29, 1.82) is 5.26 Å². The highest BCUT2D eigenvalue weighted by atomic mass is 19.1. The Kier molecular flexibility index (Phi) is 3.43. The third kappa shape index (κ3) is 2.70. The lowest BCUT2D eigenvalue weighted by molar-refractivity contribution is -0.0000824. The van der Waals surface area contributed by atoms with Gasteiger partial charge in [-0.1, -0.05) is 5.21 Å². The molecule has 120 valence electrons. The van der Waals surface area contributed by atoms with Gasteiger partial charge < -0.3 is 9.64 Å². The molecule has 1 aliphatic heterocycles. The number of carbonyl (C=O) groups is 1. The van der Waals surface area contributed by atoms with Crippen LogP contribution in [0.25, 0.3) is 11.0 Å². The van der Waals surface area contributed by atoms with Crippen LogP contribution in [-0.2, 0) is 4.74 Å². The zero-order chi connectivity index (χ0) is 16.8. The molecule has 0 atom stereocenters. The highest BCUT2D eigenvalue weighted by molar-refractivity contribution is 5.81. The van der Waals surface area contributed by atoms with E-state index >= 15 is 0 Å². The van der Waals surface area contributed by atoms with E-state index in [2.05, 4.69) is 10.3 Å². The fraction of sp³-hybridized carbons (Fsp3) is 0.467. The summed E-state index contributed by atoms with van der Waals surface area (Å²) in [6.45, 7) is 6.17. The fourth-order valence-electron chi connectivity index (χ4n) is 2.46. The van der Waals surface area contributed by atoms with Crippen LogP contribution in [0.4, 0.5) is 9.18 Å². The molecule has 2 heterocycles. The van der Waals surface area contributed by atoms with Gasteiger partial charge in [0.05, 0.1) is 6.04 Å². The lowest BCUT2D eigenvalue weighted by atomic mass is 10.1. The summed E-state index contributed by atoms with van der Waals surface area (Å²) < 4.78 is 20.6. The number of fused-ring (bicyclic) bond motifs is 1. The third-order valence-corrected chi connectivity index (χ3v) is 3.56. The van der Waals surface area contributed by atoms with Crippen LogP contribution in [0.2, 0.25) is 0 Å². The Morgan fingerprint density at radius 1 is 1.43 bits per heavy atom. The molecule has 3 rings (SSSR count). The minimum atomic E-state index is -0.605. The number of aromatic nitrogens is 3. The highest BCUT2D eigenvalue weighted by Crippen LogP contribution is 2.28. The zero-order valence-electron chi connectivity index (χ0n) is 13.1. The van der Waals surface area contributed by atoms with Gasteiger partial charge in [0.2, 0.25) is 0 Å². The molecule has 23 heavy (non-hydrogen) atoms. The van der Waals surface area contributed by atoms with Gasteiger partial charge in [0, 0.05) is 13.1 Å². The van der Waals surface area contributed by atoms with Crippen LogP contribution in [-0.4, -0.2) is 44.7 Å². The molecule has 0 N–H and O–H groups in total. The largest absolute Gasteiger partial charge is 0.444 e. The van der Waals surface area contributed by atoms with Crippen molar-refractivity contribution in [3.63, 3.8) is 0 Å². The summed E-state index contributed by atoms with van der Waals surface area (Å²) in [5.41, 5.74) is 0.183. The number of rotatable bonds is 1. The van der Waals surface area contributed by atoms with Crippen molar-refractivity contribution in [3.8, 4) is 6.07 Å². The normalized spacial score (nSPS) is 15.3. The predicted octanol–water partition coefficient (Wildman–Crippen LogP) is 2.23. The minimum Gasteiger partial charge on any atom is -0.444 e. The Bertz CT molecular complexity index is 812. The third-order valence-electron chi connectivity index (χ3n) is 3.56. The van der Waals surface area contributed by atoms with E-state index in [0.29, 0.717) is 24.1 Å². The Hall–Kier alpha value is -2.69. The molecule has 2 aromatic rings. The monoisotopic (exact) mass is 317 g/mol. The fourth-order valence-corrected chi connectivity index (χ4v) is 2.46. The van der Waals surface area contributed by atoms with E-state index in [-0.39, 0.29) is 11.6 Å². The molecule has 0 bridgehead atoms.